The summed E-state index contributed by atoms with van der Waals surface area (Å²) in [4.78, 5) is 43.6. The summed E-state index contributed by atoms with van der Waals surface area (Å²) in [7, 11) is 0. The second-order valence-electron chi connectivity index (χ2n) is 8.23. The summed E-state index contributed by atoms with van der Waals surface area (Å²) >= 11 is 1.47. The van der Waals surface area contributed by atoms with Crippen LogP contribution in [0.4, 0.5) is 0 Å². The number of benzene rings is 1. The Kier molecular flexibility index (Phi) is 5.67. The molecule has 1 aromatic heterocycles. The van der Waals surface area contributed by atoms with Crippen molar-refractivity contribution in [1.82, 2.24) is 14.5 Å². The second-order valence-corrected chi connectivity index (χ2v) is 9.32. The van der Waals surface area contributed by atoms with Crippen LogP contribution in [0, 0.1) is 0 Å². The Labute approximate surface area is 184 Å². The van der Waals surface area contributed by atoms with Crippen molar-refractivity contribution in [2.24, 2.45) is 0 Å². The van der Waals surface area contributed by atoms with E-state index in [4.69, 9.17) is 4.74 Å². The molecule has 0 N–H and O–H groups in total. The maximum atomic E-state index is 12.8. The van der Waals surface area contributed by atoms with E-state index in [1.54, 1.807) is 24.3 Å². The van der Waals surface area contributed by atoms with Gasteiger partial charge in [-0.2, -0.15) is 4.98 Å². The molecule has 2 amide bonds. The maximum Gasteiger partial charge on any atom is 0.348 e. The topological polar surface area (TPSA) is 81.5 Å². The number of rotatable bonds is 6. The molecule has 0 bridgehead atoms. The van der Waals surface area contributed by atoms with Crippen molar-refractivity contribution < 1.29 is 14.3 Å². The lowest BCUT2D eigenvalue weighted by Gasteiger charge is -2.24. The number of carbonyl (C=O) groups is 2. The average Bonchev–Trinajstić information content (AvgIpc) is 3.39. The second kappa shape index (κ2) is 8.59. The van der Waals surface area contributed by atoms with E-state index in [1.165, 1.54) is 16.7 Å². The predicted octanol–water partition coefficient (Wildman–Crippen LogP) is 2.69. The Morgan fingerprint density at radius 1 is 1.03 bits per heavy atom. The van der Waals surface area contributed by atoms with Gasteiger partial charge in [0.05, 0.1) is 23.8 Å². The van der Waals surface area contributed by atoms with Crippen LogP contribution in [-0.4, -0.2) is 51.3 Å². The minimum absolute atomic E-state index is 0.0952. The van der Waals surface area contributed by atoms with E-state index in [1.807, 2.05) is 4.57 Å². The van der Waals surface area contributed by atoms with Crippen LogP contribution in [0.2, 0.25) is 0 Å². The third-order valence-corrected chi connectivity index (χ3v) is 7.29. The van der Waals surface area contributed by atoms with Gasteiger partial charge in [-0.1, -0.05) is 12.1 Å². The number of imide groups is 1. The molecule has 3 heterocycles. The van der Waals surface area contributed by atoms with Crippen LogP contribution in [0.25, 0.3) is 0 Å². The van der Waals surface area contributed by atoms with Crippen molar-refractivity contribution in [1.29, 1.82) is 0 Å². The van der Waals surface area contributed by atoms with E-state index in [0.29, 0.717) is 30.0 Å². The Balaban J connectivity index is 1.32. The lowest BCUT2D eigenvalue weighted by Crippen LogP contribution is -2.34. The number of fused-ring (bicyclic) bond motifs is 2. The molecule has 0 spiro atoms. The summed E-state index contributed by atoms with van der Waals surface area (Å²) in [6, 6.07) is 6.91. The Morgan fingerprint density at radius 2 is 1.77 bits per heavy atom. The van der Waals surface area contributed by atoms with Gasteiger partial charge in [0.25, 0.3) is 11.8 Å². The molecule has 0 radical (unpaired) electrons. The molecule has 1 fully saturated rings. The number of carbonyl (C=O) groups excluding carboxylic acids is 2. The molecule has 8 heteroatoms. The Morgan fingerprint density at radius 3 is 2.48 bits per heavy atom. The van der Waals surface area contributed by atoms with Crippen LogP contribution in [0.1, 0.15) is 57.7 Å². The smallest absolute Gasteiger partial charge is 0.348 e. The summed E-state index contributed by atoms with van der Waals surface area (Å²) in [6.07, 6.45) is 6.06. The minimum atomic E-state index is -0.247. The summed E-state index contributed by atoms with van der Waals surface area (Å²) in [5.41, 5.74) is 2.94. The molecule has 162 valence electrons. The van der Waals surface area contributed by atoms with Crippen molar-refractivity contribution in [2.45, 2.75) is 56.2 Å². The van der Waals surface area contributed by atoms with Gasteiger partial charge in [-0.05, 0) is 50.7 Å². The molecule has 1 unspecified atom stereocenters. The fourth-order valence-corrected chi connectivity index (χ4v) is 5.73. The van der Waals surface area contributed by atoms with E-state index in [0.717, 1.165) is 61.4 Å². The monoisotopic (exact) mass is 439 g/mol. The fraction of sp³-hybridized carbons (Fsp3) is 0.478. The zero-order valence-corrected chi connectivity index (χ0v) is 18.2. The van der Waals surface area contributed by atoms with Gasteiger partial charge in [-0.25, -0.2) is 4.79 Å². The highest BCUT2D eigenvalue weighted by Gasteiger charge is 2.34. The third-order valence-electron chi connectivity index (χ3n) is 6.29. The zero-order chi connectivity index (χ0) is 21.4. The molecule has 1 aromatic carbocycles. The number of amides is 2. The van der Waals surface area contributed by atoms with E-state index in [9.17, 15) is 14.4 Å². The molecule has 3 aliphatic rings. The highest BCUT2D eigenvalue weighted by Crippen LogP contribution is 2.30. The Hall–Kier alpha value is -2.45. The van der Waals surface area contributed by atoms with Crippen molar-refractivity contribution in [3.63, 3.8) is 0 Å². The highest BCUT2D eigenvalue weighted by molar-refractivity contribution is 7.99. The van der Waals surface area contributed by atoms with Gasteiger partial charge >= 0.3 is 5.69 Å². The maximum absolute atomic E-state index is 12.8. The highest BCUT2D eigenvalue weighted by atomic mass is 32.2. The first-order valence-electron chi connectivity index (χ1n) is 11.0. The first-order valence-corrected chi connectivity index (χ1v) is 11.9. The number of hydrogen-bond donors (Lipinski definition) is 0. The number of aromatic nitrogens is 2. The first kappa shape index (κ1) is 20.5. The standard InChI is InChI=1S/C23H25N3O4S/c27-21-16-7-1-2-8-17(16)22(28)25(21)11-13-31-20-18-9-3-4-10-19(18)26(23(29)24-20)14-15-6-5-12-30-15/h1-2,7-8,15H,3-6,9-14H2. The van der Waals surface area contributed by atoms with E-state index in [2.05, 4.69) is 4.98 Å². The van der Waals surface area contributed by atoms with Crippen LogP contribution in [-0.2, 0) is 24.1 Å². The molecule has 5 rings (SSSR count). The van der Waals surface area contributed by atoms with E-state index >= 15 is 0 Å². The van der Waals surface area contributed by atoms with Crippen molar-refractivity contribution in [3.8, 4) is 0 Å². The summed E-state index contributed by atoms with van der Waals surface area (Å²) < 4.78 is 7.56. The molecular weight excluding hydrogens is 414 g/mol. The summed E-state index contributed by atoms with van der Waals surface area (Å²) in [6.45, 7) is 1.64. The largest absolute Gasteiger partial charge is 0.376 e. The van der Waals surface area contributed by atoms with Crippen LogP contribution < -0.4 is 5.69 Å². The molecule has 2 aromatic rings. The number of hydrogen-bond acceptors (Lipinski definition) is 6. The summed E-state index contributed by atoms with van der Waals surface area (Å²) in [5.74, 6) is 0.0199. The predicted molar refractivity (Wildman–Crippen MR) is 117 cm³/mol. The number of nitrogens with zero attached hydrogens (tertiary/aromatic N) is 3. The molecule has 31 heavy (non-hydrogen) atoms. The molecule has 1 saturated heterocycles. The third kappa shape index (κ3) is 3.83. The zero-order valence-electron chi connectivity index (χ0n) is 17.3. The fourth-order valence-electron chi connectivity index (χ4n) is 4.72. The lowest BCUT2D eigenvalue weighted by molar-refractivity contribution is 0.0664. The average molecular weight is 440 g/mol. The Bertz CT molecular complexity index is 1060. The first-order chi connectivity index (χ1) is 15.1. The normalized spacial score (nSPS) is 20.3. The van der Waals surface area contributed by atoms with E-state index < -0.39 is 0 Å². The minimum Gasteiger partial charge on any atom is -0.376 e. The molecular formula is C23H25N3O4S. The van der Waals surface area contributed by atoms with Gasteiger partial charge in [0.15, 0.2) is 0 Å². The molecule has 0 saturated carbocycles. The lowest BCUT2D eigenvalue weighted by atomic mass is 9.97. The molecule has 1 atom stereocenters. The van der Waals surface area contributed by atoms with Gasteiger partial charge in [0, 0.05) is 30.2 Å². The van der Waals surface area contributed by atoms with Gasteiger partial charge in [0.2, 0.25) is 0 Å². The van der Waals surface area contributed by atoms with Gasteiger partial charge in [-0.3, -0.25) is 19.1 Å². The van der Waals surface area contributed by atoms with Crippen LogP contribution in [0.5, 0.6) is 0 Å². The SMILES string of the molecule is O=C1c2ccccc2C(=O)N1CCSc1nc(=O)n(CC2CCCO2)c2c1CCCC2. The van der Waals surface area contributed by atoms with Crippen molar-refractivity contribution >= 4 is 23.6 Å². The number of ether oxygens (including phenoxy) is 1. The van der Waals surface area contributed by atoms with Crippen molar-refractivity contribution in [2.75, 3.05) is 18.9 Å². The van der Waals surface area contributed by atoms with Gasteiger partial charge in [0.1, 0.15) is 5.03 Å². The molecule has 7 nitrogen and oxygen atoms in total. The van der Waals surface area contributed by atoms with Crippen LogP contribution >= 0.6 is 11.8 Å². The summed E-state index contributed by atoms with van der Waals surface area (Å²) in [5, 5.41) is 0.750. The van der Waals surface area contributed by atoms with E-state index in [-0.39, 0.29) is 23.6 Å². The van der Waals surface area contributed by atoms with Crippen LogP contribution in [0.15, 0.2) is 34.1 Å². The molecule has 1 aliphatic carbocycles. The van der Waals surface area contributed by atoms with Crippen LogP contribution in [0.3, 0.4) is 0 Å². The van der Waals surface area contributed by atoms with Gasteiger partial charge in [-0.15, -0.1) is 11.8 Å². The molecule has 2 aliphatic heterocycles. The van der Waals surface area contributed by atoms with Gasteiger partial charge < -0.3 is 4.74 Å². The van der Waals surface area contributed by atoms with Crippen molar-refractivity contribution in [3.05, 3.63) is 57.1 Å². The number of thioether (sulfide) groups is 1. The quantitative estimate of drug-likeness (QED) is 0.391.